The molecular weight excluding hydrogens is 314 g/mol. The van der Waals surface area contributed by atoms with Crippen LogP contribution in [0.1, 0.15) is 11.6 Å². The summed E-state index contributed by atoms with van der Waals surface area (Å²) < 4.78 is 34.9. The molecule has 2 aromatic rings. The molecule has 0 saturated carbocycles. The van der Waals surface area contributed by atoms with E-state index < -0.39 is 18.6 Å². The van der Waals surface area contributed by atoms with E-state index in [-0.39, 0.29) is 0 Å². The van der Waals surface area contributed by atoms with Crippen molar-refractivity contribution < 1.29 is 18.6 Å². The third-order valence-corrected chi connectivity index (χ3v) is 4.55. The van der Waals surface area contributed by atoms with Gasteiger partial charge in [-0.3, -0.25) is 4.90 Å². The van der Waals surface area contributed by atoms with E-state index in [0.29, 0.717) is 37.5 Å². The second-order valence-electron chi connectivity index (χ2n) is 6.01. The Morgan fingerprint density at radius 3 is 2.58 bits per heavy atom. The molecule has 3 rings (SSSR count). The Morgan fingerprint density at radius 2 is 1.92 bits per heavy atom. The van der Waals surface area contributed by atoms with Crippen LogP contribution in [0.2, 0.25) is 0 Å². The molecule has 6 heteroatoms. The number of benzene rings is 2. The van der Waals surface area contributed by atoms with Crippen molar-refractivity contribution >= 4 is 10.8 Å². The van der Waals surface area contributed by atoms with Crippen molar-refractivity contribution in [2.75, 3.05) is 39.9 Å². The smallest absolute Gasteiger partial charge is 0.290 e. The number of halogens is 2. The zero-order valence-electron chi connectivity index (χ0n) is 13.6. The molecule has 1 saturated heterocycles. The molecule has 0 spiro atoms. The van der Waals surface area contributed by atoms with E-state index in [9.17, 15) is 13.9 Å². The molecule has 1 aliphatic heterocycles. The van der Waals surface area contributed by atoms with Crippen LogP contribution in [-0.2, 0) is 0 Å². The second kappa shape index (κ2) is 7.01. The fourth-order valence-corrected chi connectivity index (χ4v) is 3.42. The van der Waals surface area contributed by atoms with Crippen molar-refractivity contribution in [3.63, 3.8) is 0 Å². The van der Waals surface area contributed by atoms with Gasteiger partial charge < -0.3 is 15.2 Å². The summed E-state index contributed by atoms with van der Waals surface area (Å²) in [6, 6.07) is 9.79. The normalized spacial score (nSPS) is 17.8. The molecule has 0 unspecified atom stereocenters. The van der Waals surface area contributed by atoms with E-state index in [1.807, 2.05) is 30.3 Å². The molecule has 24 heavy (non-hydrogen) atoms. The molecule has 130 valence electrons. The van der Waals surface area contributed by atoms with Crippen molar-refractivity contribution in [3.8, 4) is 5.75 Å². The summed E-state index contributed by atoms with van der Waals surface area (Å²) in [5.74, 6) is -2.85. The minimum absolute atomic E-state index is 0.422. The number of rotatable bonds is 5. The monoisotopic (exact) mass is 336 g/mol. The highest BCUT2D eigenvalue weighted by Gasteiger charge is 2.46. The lowest BCUT2D eigenvalue weighted by Gasteiger charge is -2.39. The number of hydrogen-bond donors (Lipinski definition) is 2. The van der Waals surface area contributed by atoms with Crippen LogP contribution in [0, 0.1) is 0 Å². The first kappa shape index (κ1) is 17.1. The number of alkyl halides is 2. The van der Waals surface area contributed by atoms with E-state index >= 15 is 0 Å². The Morgan fingerprint density at radius 1 is 1.21 bits per heavy atom. The van der Waals surface area contributed by atoms with Crippen LogP contribution in [0.5, 0.6) is 5.75 Å². The maximum atomic E-state index is 14.8. The summed E-state index contributed by atoms with van der Waals surface area (Å²) >= 11 is 0. The average molecular weight is 336 g/mol. The molecule has 0 aliphatic carbocycles. The van der Waals surface area contributed by atoms with E-state index in [1.54, 1.807) is 11.0 Å². The topological polar surface area (TPSA) is 44.7 Å². The minimum Gasteiger partial charge on any atom is -0.496 e. The van der Waals surface area contributed by atoms with Gasteiger partial charge in [-0.15, -0.1) is 0 Å². The molecule has 0 aromatic heterocycles. The summed E-state index contributed by atoms with van der Waals surface area (Å²) in [5, 5.41) is 14.1. The lowest BCUT2D eigenvalue weighted by Crippen LogP contribution is -2.51. The molecule has 1 aliphatic rings. The maximum absolute atomic E-state index is 14.8. The van der Waals surface area contributed by atoms with E-state index in [2.05, 4.69) is 5.32 Å². The van der Waals surface area contributed by atoms with Gasteiger partial charge in [-0.2, -0.15) is 0 Å². The van der Waals surface area contributed by atoms with Gasteiger partial charge in [0, 0.05) is 31.7 Å². The van der Waals surface area contributed by atoms with Crippen molar-refractivity contribution in [2.45, 2.75) is 12.0 Å². The summed E-state index contributed by atoms with van der Waals surface area (Å²) in [6.45, 7) is 1.07. The van der Waals surface area contributed by atoms with Crippen LogP contribution in [0.3, 0.4) is 0 Å². The van der Waals surface area contributed by atoms with Crippen molar-refractivity contribution in [1.82, 2.24) is 10.2 Å². The molecule has 1 atom stereocenters. The largest absolute Gasteiger partial charge is 0.496 e. The average Bonchev–Trinajstić information content (AvgIpc) is 2.63. The Kier molecular flexibility index (Phi) is 4.99. The number of fused-ring (bicyclic) bond motifs is 1. The molecule has 2 aromatic carbocycles. The van der Waals surface area contributed by atoms with Gasteiger partial charge in [0.2, 0.25) is 0 Å². The third-order valence-electron chi connectivity index (χ3n) is 4.55. The first-order valence-corrected chi connectivity index (χ1v) is 8.07. The Balaban J connectivity index is 2.21. The highest BCUT2D eigenvalue weighted by Crippen LogP contribution is 2.44. The number of methoxy groups -OCH3 is 1. The lowest BCUT2D eigenvalue weighted by atomic mass is 9.92. The molecule has 0 amide bonds. The van der Waals surface area contributed by atoms with E-state index in [4.69, 9.17) is 4.74 Å². The molecule has 1 fully saturated rings. The summed E-state index contributed by atoms with van der Waals surface area (Å²) in [7, 11) is 1.49. The van der Waals surface area contributed by atoms with E-state index in [1.165, 1.54) is 7.11 Å². The predicted octanol–water partition coefficient (Wildman–Crippen LogP) is 2.42. The molecule has 0 bridgehead atoms. The van der Waals surface area contributed by atoms with Gasteiger partial charge in [0.1, 0.15) is 18.4 Å². The standard InChI is InChI=1S/C18H22F2N2O2/c1-24-15-7-6-13-4-2-3-5-14(13)16(15)17(18(19,20)12-23)22-10-8-21-9-11-22/h2-7,17,21,23H,8-12H2,1H3/t17-/m0/s1. The van der Waals surface area contributed by atoms with Gasteiger partial charge in [-0.25, -0.2) is 8.78 Å². The van der Waals surface area contributed by atoms with Crippen LogP contribution in [0.25, 0.3) is 10.8 Å². The molecule has 0 radical (unpaired) electrons. The fraction of sp³-hybridized carbons (Fsp3) is 0.444. The molecule has 1 heterocycles. The Hall–Kier alpha value is -1.76. The van der Waals surface area contributed by atoms with Crippen LogP contribution >= 0.6 is 0 Å². The lowest BCUT2D eigenvalue weighted by molar-refractivity contribution is -0.118. The van der Waals surface area contributed by atoms with Gasteiger partial charge in [-0.1, -0.05) is 30.3 Å². The van der Waals surface area contributed by atoms with Crippen molar-refractivity contribution in [1.29, 1.82) is 0 Å². The Labute approximate surface area is 140 Å². The van der Waals surface area contributed by atoms with Crippen LogP contribution in [0.15, 0.2) is 36.4 Å². The number of piperazine rings is 1. The molecule has 4 nitrogen and oxygen atoms in total. The highest BCUT2D eigenvalue weighted by atomic mass is 19.3. The zero-order chi connectivity index (χ0) is 17.2. The van der Waals surface area contributed by atoms with Gasteiger partial charge in [0.25, 0.3) is 5.92 Å². The molecular formula is C18H22F2N2O2. The highest BCUT2D eigenvalue weighted by molar-refractivity contribution is 5.88. The minimum atomic E-state index is -3.27. The molecule has 2 N–H and O–H groups in total. The van der Waals surface area contributed by atoms with Gasteiger partial charge in [0.15, 0.2) is 0 Å². The SMILES string of the molecule is COc1ccc2ccccc2c1[C@H](N1CCNCC1)C(F)(F)CO. The van der Waals surface area contributed by atoms with Gasteiger partial charge in [0.05, 0.1) is 7.11 Å². The summed E-state index contributed by atoms with van der Waals surface area (Å²) in [5.41, 5.74) is 0.441. The first-order valence-electron chi connectivity index (χ1n) is 8.07. The fourth-order valence-electron chi connectivity index (χ4n) is 3.42. The number of nitrogens with one attached hydrogen (secondary N) is 1. The van der Waals surface area contributed by atoms with E-state index in [0.717, 1.165) is 10.8 Å². The van der Waals surface area contributed by atoms with Crippen LogP contribution in [0.4, 0.5) is 8.78 Å². The van der Waals surface area contributed by atoms with Crippen molar-refractivity contribution in [2.24, 2.45) is 0 Å². The number of hydrogen-bond acceptors (Lipinski definition) is 4. The number of nitrogens with zero attached hydrogens (tertiary/aromatic N) is 1. The first-order chi connectivity index (χ1) is 11.6. The second-order valence-corrected chi connectivity index (χ2v) is 6.01. The Bertz CT molecular complexity index is 702. The quantitative estimate of drug-likeness (QED) is 0.880. The van der Waals surface area contributed by atoms with Gasteiger partial charge in [-0.05, 0) is 16.8 Å². The number of ether oxygens (including phenoxy) is 1. The summed E-state index contributed by atoms with van der Waals surface area (Å²) in [6.07, 6.45) is 0. The third kappa shape index (κ3) is 3.09. The van der Waals surface area contributed by atoms with Crippen molar-refractivity contribution in [3.05, 3.63) is 42.0 Å². The number of aliphatic hydroxyl groups excluding tert-OH is 1. The predicted molar refractivity (Wildman–Crippen MR) is 89.7 cm³/mol. The van der Waals surface area contributed by atoms with Crippen LogP contribution < -0.4 is 10.1 Å². The van der Waals surface area contributed by atoms with Crippen LogP contribution in [-0.4, -0.2) is 55.8 Å². The summed E-state index contributed by atoms with van der Waals surface area (Å²) in [4.78, 5) is 1.73. The number of aliphatic hydroxyl groups is 1. The maximum Gasteiger partial charge on any atom is 0.290 e. The van der Waals surface area contributed by atoms with Gasteiger partial charge >= 0.3 is 0 Å². The zero-order valence-corrected chi connectivity index (χ0v) is 13.6.